The zero-order chi connectivity index (χ0) is 13.1. The predicted molar refractivity (Wildman–Crippen MR) is 73.4 cm³/mol. The Bertz CT molecular complexity index is 591. The van der Waals surface area contributed by atoms with E-state index in [1.54, 1.807) is 12.1 Å². The molecule has 0 aliphatic carbocycles. The minimum atomic E-state index is -0.886. The van der Waals surface area contributed by atoms with Crippen molar-refractivity contribution in [3.05, 3.63) is 59.2 Å². The lowest BCUT2D eigenvalue weighted by Crippen LogP contribution is -1.98. The Morgan fingerprint density at radius 1 is 1.06 bits per heavy atom. The quantitative estimate of drug-likeness (QED) is 0.898. The van der Waals surface area contributed by atoms with Crippen LogP contribution in [0.3, 0.4) is 0 Å². The molecule has 3 heteroatoms. The highest BCUT2D eigenvalue weighted by Crippen LogP contribution is 2.32. The summed E-state index contributed by atoms with van der Waals surface area (Å²) >= 11 is 1.50. The third-order valence-electron chi connectivity index (χ3n) is 2.67. The molecule has 0 saturated heterocycles. The lowest BCUT2D eigenvalue weighted by atomic mass is 10.2. The van der Waals surface area contributed by atoms with Crippen molar-refractivity contribution in [3.8, 4) is 0 Å². The van der Waals surface area contributed by atoms with Crippen LogP contribution in [0, 0.1) is 13.8 Å². The summed E-state index contributed by atoms with van der Waals surface area (Å²) in [4.78, 5) is 13.0. The average Bonchev–Trinajstić information content (AvgIpc) is 2.33. The van der Waals surface area contributed by atoms with E-state index >= 15 is 0 Å². The molecule has 0 saturated carbocycles. The van der Waals surface area contributed by atoms with E-state index in [2.05, 4.69) is 6.07 Å². The van der Waals surface area contributed by atoms with Gasteiger partial charge in [-0.05, 0) is 37.6 Å². The normalized spacial score (nSPS) is 10.3. The fourth-order valence-corrected chi connectivity index (χ4v) is 2.77. The third kappa shape index (κ3) is 2.74. The zero-order valence-electron chi connectivity index (χ0n) is 10.3. The highest BCUT2D eigenvalue weighted by atomic mass is 32.2. The Kier molecular flexibility index (Phi) is 3.72. The molecule has 0 aliphatic heterocycles. The first-order valence-corrected chi connectivity index (χ1v) is 6.47. The number of carbonyl (C=O) groups is 1. The van der Waals surface area contributed by atoms with Gasteiger partial charge >= 0.3 is 5.97 Å². The molecule has 2 aromatic carbocycles. The van der Waals surface area contributed by atoms with E-state index in [9.17, 15) is 4.79 Å². The number of carboxylic acid groups (broad SMARTS) is 1. The van der Waals surface area contributed by atoms with Crippen LogP contribution < -0.4 is 0 Å². The number of aryl methyl sites for hydroxylation is 2. The molecule has 2 rings (SSSR count). The van der Waals surface area contributed by atoms with Crippen LogP contribution in [0.2, 0.25) is 0 Å². The van der Waals surface area contributed by atoms with Gasteiger partial charge in [0.25, 0.3) is 0 Å². The fourth-order valence-electron chi connectivity index (χ4n) is 1.76. The van der Waals surface area contributed by atoms with Crippen LogP contribution in [0.15, 0.2) is 52.3 Å². The summed E-state index contributed by atoms with van der Waals surface area (Å²) in [6.45, 7) is 4.09. The molecule has 0 aliphatic rings. The number of aromatic carboxylic acids is 1. The van der Waals surface area contributed by atoms with E-state index in [0.717, 1.165) is 9.79 Å². The second-order valence-electron chi connectivity index (χ2n) is 4.17. The Morgan fingerprint density at radius 2 is 1.78 bits per heavy atom. The van der Waals surface area contributed by atoms with Gasteiger partial charge < -0.3 is 5.11 Å². The molecule has 2 nitrogen and oxygen atoms in total. The minimum Gasteiger partial charge on any atom is -0.478 e. The molecule has 0 bridgehead atoms. The predicted octanol–water partition coefficient (Wildman–Crippen LogP) is 4.15. The Labute approximate surface area is 111 Å². The van der Waals surface area contributed by atoms with Crippen molar-refractivity contribution < 1.29 is 9.90 Å². The van der Waals surface area contributed by atoms with Crippen molar-refractivity contribution in [1.29, 1.82) is 0 Å². The molecule has 18 heavy (non-hydrogen) atoms. The maximum absolute atomic E-state index is 11.1. The van der Waals surface area contributed by atoms with E-state index in [0.29, 0.717) is 5.56 Å². The van der Waals surface area contributed by atoms with Gasteiger partial charge in [-0.15, -0.1) is 0 Å². The van der Waals surface area contributed by atoms with Crippen LogP contribution in [0.4, 0.5) is 0 Å². The van der Waals surface area contributed by atoms with Gasteiger partial charge in [0.2, 0.25) is 0 Å². The van der Waals surface area contributed by atoms with E-state index in [-0.39, 0.29) is 0 Å². The maximum Gasteiger partial charge on any atom is 0.336 e. The minimum absolute atomic E-state index is 0.350. The summed E-state index contributed by atoms with van der Waals surface area (Å²) in [6.07, 6.45) is 0. The number of rotatable bonds is 3. The molecule has 0 atom stereocenters. The molecule has 2 aromatic rings. The van der Waals surface area contributed by atoms with Crippen LogP contribution in [0.5, 0.6) is 0 Å². The number of hydrogen-bond donors (Lipinski definition) is 1. The zero-order valence-corrected chi connectivity index (χ0v) is 11.1. The van der Waals surface area contributed by atoms with Gasteiger partial charge in [-0.2, -0.15) is 0 Å². The molecule has 92 valence electrons. The van der Waals surface area contributed by atoms with Crippen LogP contribution in [0.25, 0.3) is 0 Å². The SMILES string of the molecule is Cc1ccc(Sc2ccccc2C(=O)O)c(C)c1. The summed E-state index contributed by atoms with van der Waals surface area (Å²) < 4.78 is 0. The molecule has 0 spiro atoms. The lowest BCUT2D eigenvalue weighted by Gasteiger charge is -2.08. The average molecular weight is 258 g/mol. The molecular weight excluding hydrogens is 244 g/mol. The monoisotopic (exact) mass is 258 g/mol. The summed E-state index contributed by atoms with van der Waals surface area (Å²) in [7, 11) is 0. The summed E-state index contributed by atoms with van der Waals surface area (Å²) in [5.74, 6) is -0.886. The first kappa shape index (κ1) is 12.7. The molecular formula is C15H14O2S. The van der Waals surface area contributed by atoms with Gasteiger partial charge in [0.15, 0.2) is 0 Å². The van der Waals surface area contributed by atoms with Gasteiger partial charge in [0, 0.05) is 9.79 Å². The largest absolute Gasteiger partial charge is 0.478 e. The molecule has 0 aromatic heterocycles. The Morgan fingerprint density at radius 3 is 2.44 bits per heavy atom. The van der Waals surface area contributed by atoms with Crippen LogP contribution in [0.1, 0.15) is 21.5 Å². The van der Waals surface area contributed by atoms with E-state index in [4.69, 9.17) is 5.11 Å². The second kappa shape index (κ2) is 5.27. The standard InChI is InChI=1S/C15H14O2S/c1-10-7-8-13(11(2)9-10)18-14-6-4-3-5-12(14)15(16)17/h3-9H,1-2H3,(H,16,17). The van der Waals surface area contributed by atoms with Gasteiger partial charge in [0.1, 0.15) is 0 Å². The van der Waals surface area contributed by atoms with Gasteiger partial charge in [0.05, 0.1) is 5.56 Å². The topological polar surface area (TPSA) is 37.3 Å². The van der Waals surface area contributed by atoms with E-state index in [1.807, 2.05) is 38.1 Å². The smallest absolute Gasteiger partial charge is 0.336 e. The summed E-state index contributed by atoms with van der Waals surface area (Å²) in [6, 6.07) is 13.3. The molecule has 0 fully saturated rings. The van der Waals surface area contributed by atoms with Crippen LogP contribution >= 0.6 is 11.8 Å². The molecule has 0 radical (unpaired) electrons. The lowest BCUT2D eigenvalue weighted by molar-refractivity contribution is 0.0693. The number of benzene rings is 2. The van der Waals surface area contributed by atoms with Crippen LogP contribution in [-0.4, -0.2) is 11.1 Å². The van der Waals surface area contributed by atoms with Crippen molar-refractivity contribution in [2.75, 3.05) is 0 Å². The van der Waals surface area contributed by atoms with E-state index in [1.165, 1.54) is 22.9 Å². The highest BCUT2D eigenvalue weighted by molar-refractivity contribution is 7.99. The summed E-state index contributed by atoms with van der Waals surface area (Å²) in [5, 5.41) is 9.14. The van der Waals surface area contributed by atoms with Gasteiger partial charge in [-0.1, -0.05) is 41.6 Å². The number of hydrogen-bond acceptors (Lipinski definition) is 2. The van der Waals surface area contributed by atoms with Crippen molar-refractivity contribution in [2.24, 2.45) is 0 Å². The fraction of sp³-hybridized carbons (Fsp3) is 0.133. The molecule has 0 heterocycles. The van der Waals surface area contributed by atoms with Gasteiger partial charge in [-0.25, -0.2) is 4.79 Å². The first-order chi connectivity index (χ1) is 8.58. The maximum atomic E-state index is 11.1. The third-order valence-corrected chi connectivity index (χ3v) is 3.92. The van der Waals surface area contributed by atoms with Gasteiger partial charge in [-0.3, -0.25) is 0 Å². The molecule has 0 amide bonds. The van der Waals surface area contributed by atoms with Crippen molar-refractivity contribution in [1.82, 2.24) is 0 Å². The molecule has 0 unspecified atom stereocenters. The Balaban J connectivity index is 2.37. The summed E-state index contributed by atoms with van der Waals surface area (Å²) in [5.41, 5.74) is 2.73. The molecule has 1 N–H and O–H groups in total. The Hall–Kier alpha value is -1.74. The number of carboxylic acids is 1. The van der Waals surface area contributed by atoms with Crippen molar-refractivity contribution in [3.63, 3.8) is 0 Å². The van der Waals surface area contributed by atoms with Crippen molar-refractivity contribution in [2.45, 2.75) is 23.6 Å². The van der Waals surface area contributed by atoms with Crippen LogP contribution in [-0.2, 0) is 0 Å². The van der Waals surface area contributed by atoms with Crippen molar-refractivity contribution >= 4 is 17.7 Å². The van der Waals surface area contributed by atoms with E-state index < -0.39 is 5.97 Å². The second-order valence-corrected chi connectivity index (χ2v) is 5.26. The highest BCUT2D eigenvalue weighted by Gasteiger charge is 2.11. The first-order valence-electron chi connectivity index (χ1n) is 5.65.